The average molecular weight is 715 g/mol. The van der Waals surface area contributed by atoms with E-state index in [-0.39, 0.29) is 49.0 Å². The number of benzene rings is 3. The number of hydrogen-bond donors (Lipinski definition) is 4. The van der Waals surface area contributed by atoms with Crippen molar-refractivity contribution in [3.8, 4) is 5.75 Å². The highest BCUT2D eigenvalue weighted by atomic mass is 32.2. The lowest BCUT2D eigenvalue weighted by atomic mass is 9.85. The molecular formula is C37H48F2N4O6S. The molecule has 4 N–H and O–H groups in total. The van der Waals surface area contributed by atoms with E-state index in [9.17, 15) is 31.9 Å². The van der Waals surface area contributed by atoms with Crippen LogP contribution in [0.5, 0.6) is 5.75 Å². The van der Waals surface area contributed by atoms with Crippen molar-refractivity contribution in [3.63, 3.8) is 0 Å². The molecule has 1 heterocycles. The van der Waals surface area contributed by atoms with Gasteiger partial charge in [-0.05, 0) is 65.3 Å². The number of halogens is 2. The monoisotopic (exact) mass is 714 g/mol. The van der Waals surface area contributed by atoms with Crippen molar-refractivity contribution in [3.05, 3.63) is 95.1 Å². The van der Waals surface area contributed by atoms with Gasteiger partial charge in [-0.1, -0.05) is 65.0 Å². The molecular weight excluding hydrogens is 666 g/mol. The summed E-state index contributed by atoms with van der Waals surface area (Å²) in [7, 11) is -4.04. The third-order valence-electron chi connectivity index (χ3n) is 8.39. The van der Waals surface area contributed by atoms with Crippen LogP contribution >= 0.6 is 0 Å². The maximum Gasteiger partial charge on any atom is 0.243 e. The second kappa shape index (κ2) is 16.9. The molecule has 0 unspecified atom stereocenters. The molecule has 3 atom stereocenters. The van der Waals surface area contributed by atoms with Gasteiger partial charge in [-0.25, -0.2) is 17.2 Å². The SMILES string of the molecule is CC(C)CN(C[C@@H](O)[C@H](Cc1ccccc1)NC(=O)[C@@H](NC(=O)CNCc1cc(F)ccc1F)C(C)(C)C)S(=O)(=O)c1ccc2c(c1)CCO2. The molecule has 13 heteroatoms. The predicted molar refractivity (Wildman–Crippen MR) is 187 cm³/mol. The van der Waals surface area contributed by atoms with Gasteiger partial charge in [0.2, 0.25) is 21.8 Å². The fraction of sp³-hybridized carbons (Fsp3) is 0.459. The maximum atomic E-state index is 14.0. The van der Waals surface area contributed by atoms with Crippen LogP contribution in [0.1, 0.15) is 51.3 Å². The Bertz CT molecular complexity index is 1730. The molecule has 0 spiro atoms. The molecule has 4 rings (SSSR count). The fourth-order valence-corrected chi connectivity index (χ4v) is 7.45. The summed E-state index contributed by atoms with van der Waals surface area (Å²) in [6, 6.07) is 15.0. The van der Waals surface area contributed by atoms with E-state index in [2.05, 4.69) is 16.0 Å². The molecule has 3 aromatic carbocycles. The number of carbonyl (C=O) groups excluding carboxylic acids is 2. The maximum absolute atomic E-state index is 14.0. The first-order chi connectivity index (χ1) is 23.5. The number of ether oxygens (including phenoxy) is 1. The van der Waals surface area contributed by atoms with Gasteiger partial charge in [0.05, 0.1) is 30.2 Å². The first-order valence-electron chi connectivity index (χ1n) is 16.8. The zero-order valence-electron chi connectivity index (χ0n) is 29.2. The van der Waals surface area contributed by atoms with Crippen molar-refractivity contribution in [2.45, 2.75) is 77.1 Å². The van der Waals surface area contributed by atoms with Crippen LogP contribution in [0.2, 0.25) is 0 Å². The summed E-state index contributed by atoms with van der Waals surface area (Å²) in [6.45, 7) is 9.02. The number of nitrogens with one attached hydrogen (secondary N) is 3. The Kier molecular flexibility index (Phi) is 13.1. The summed E-state index contributed by atoms with van der Waals surface area (Å²) in [6.07, 6.45) is -0.543. The molecule has 0 fully saturated rings. The minimum atomic E-state index is -4.04. The number of fused-ring (bicyclic) bond motifs is 1. The molecule has 10 nitrogen and oxygen atoms in total. The van der Waals surface area contributed by atoms with Gasteiger partial charge in [-0.3, -0.25) is 9.59 Å². The molecule has 50 heavy (non-hydrogen) atoms. The van der Waals surface area contributed by atoms with Gasteiger partial charge in [0.25, 0.3) is 0 Å². The van der Waals surface area contributed by atoms with Crippen LogP contribution < -0.4 is 20.7 Å². The quantitative estimate of drug-likeness (QED) is 0.177. The second-order valence-corrected chi connectivity index (χ2v) is 16.1. The lowest BCUT2D eigenvalue weighted by molar-refractivity contribution is -0.132. The van der Waals surface area contributed by atoms with Gasteiger partial charge in [-0.15, -0.1) is 0 Å². The van der Waals surface area contributed by atoms with Crippen molar-refractivity contribution in [1.29, 1.82) is 0 Å². The van der Waals surface area contributed by atoms with E-state index in [0.29, 0.717) is 18.8 Å². The number of carbonyl (C=O) groups is 2. The van der Waals surface area contributed by atoms with Crippen molar-refractivity contribution < 1.29 is 36.6 Å². The third kappa shape index (κ3) is 10.5. The van der Waals surface area contributed by atoms with Gasteiger partial charge in [0.15, 0.2) is 0 Å². The Morgan fingerprint density at radius 3 is 2.38 bits per heavy atom. The van der Waals surface area contributed by atoms with Crippen LogP contribution in [0.3, 0.4) is 0 Å². The van der Waals surface area contributed by atoms with Gasteiger partial charge in [0.1, 0.15) is 23.4 Å². The van der Waals surface area contributed by atoms with E-state index in [0.717, 1.165) is 29.3 Å². The largest absolute Gasteiger partial charge is 0.493 e. The smallest absolute Gasteiger partial charge is 0.243 e. The van der Waals surface area contributed by atoms with Crippen LogP contribution in [-0.4, -0.2) is 74.1 Å². The third-order valence-corrected chi connectivity index (χ3v) is 10.2. The zero-order valence-corrected chi connectivity index (χ0v) is 30.0. The summed E-state index contributed by atoms with van der Waals surface area (Å²) in [5.41, 5.74) is 0.885. The summed E-state index contributed by atoms with van der Waals surface area (Å²) < 4.78 is 62.3. The highest BCUT2D eigenvalue weighted by Gasteiger charge is 2.37. The molecule has 2 amide bonds. The summed E-state index contributed by atoms with van der Waals surface area (Å²) in [4.78, 5) is 27.0. The van der Waals surface area contributed by atoms with Gasteiger partial charge in [-0.2, -0.15) is 4.31 Å². The van der Waals surface area contributed by atoms with Crippen LogP contribution in [0, 0.1) is 23.0 Å². The van der Waals surface area contributed by atoms with Crippen molar-refractivity contribution >= 4 is 21.8 Å². The van der Waals surface area contributed by atoms with E-state index in [4.69, 9.17) is 4.74 Å². The van der Waals surface area contributed by atoms with Crippen molar-refractivity contribution in [1.82, 2.24) is 20.3 Å². The zero-order chi connectivity index (χ0) is 36.6. The number of hydrogen-bond acceptors (Lipinski definition) is 7. The lowest BCUT2D eigenvalue weighted by Gasteiger charge is -2.34. The Morgan fingerprint density at radius 1 is 0.980 bits per heavy atom. The minimum Gasteiger partial charge on any atom is -0.493 e. The number of aliphatic hydroxyl groups excluding tert-OH is 1. The predicted octanol–water partition coefficient (Wildman–Crippen LogP) is 3.96. The second-order valence-electron chi connectivity index (χ2n) is 14.2. The molecule has 0 radical (unpaired) electrons. The molecule has 1 aliphatic rings. The van der Waals surface area contributed by atoms with E-state index in [1.165, 1.54) is 10.4 Å². The van der Waals surface area contributed by atoms with E-state index < -0.39 is 57.1 Å². The first kappa shape index (κ1) is 38.9. The van der Waals surface area contributed by atoms with Crippen molar-refractivity contribution in [2.24, 2.45) is 11.3 Å². The topological polar surface area (TPSA) is 137 Å². The fourth-order valence-electron chi connectivity index (χ4n) is 5.78. The van der Waals surface area contributed by atoms with Crippen molar-refractivity contribution in [2.75, 3.05) is 26.2 Å². The Hall–Kier alpha value is -3.91. The molecule has 3 aromatic rings. The van der Waals surface area contributed by atoms with E-state index in [1.54, 1.807) is 32.9 Å². The van der Waals surface area contributed by atoms with Gasteiger partial charge < -0.3 is 25.8 Å². The number of rotatable bonds is 16. The Labute approximate surface area is 293 Å². The minimum absolute atomic E-state index is 0.0550. The Morgan fingerprint density at radius 2 is 1.70 bits per heavy atom. The van der Waals surface area contributed by atoms with Crippen LogP contribution in [0.15, 0.2) is 71.6 Å². The highest BCUT2D eigenvalue weighted by Crippen LogP contribution is 2.29. The van der Waals surface area contributed by atoms with Gasteiger partial charge in [0, 0.05) is 31.6 Å². The molecule has 0 saturated carbocycles. The summed E-state index contributed by atoms with van der Waals surface area (Å²) in [5.74, 6) is -1.75. The molecule has 272 valence electrons. The molecule has 0 bridgehead atoms. The molecule has 1 aliphatic heterocycles. The molecule has 0 aliphatic carbocycles. The van der Waals surface area contributed by atoms with Crippen LogP contribution in [0.25, 0.3) is 0 Å². The van der Waals surface area contributed by atoms with E-state index >= 15 is 0 Å². The normalized spacial score (nSPS) is 14.9. The lowest BCUT2D eigenvalue weighted by Crippen LogP contribution is -2.59. The average Bonchev–Trinajstić information content (AvgIpc) is 3.52. The number of sulfonamides is 1. The van der Waals surface area contributed by atoms with Crippen LogP contribution in [0.4, 0.5) is 8.78 Å². The number of amides is 2. The highest BCUT2D eigenvalue weighted by molar-refractivity contribution is 7.89. The molecule has 0 saturated heterocycles. The van der Waals surface area contributed by atoms with Gasteiger partial charge >= 0.3 is 0 Å². The Balaban J connectivity index is 1.52. The standard InChI is InChI=1S/C37H48F2N4O6S/c1-24(2)22-43(50(47,48)29-12-14-33-26(19-29)15-16-49-33)23-32(44)31(17-25-9-7-6-8-10-25)41-36(46)35(37(3,4)5)42-34(45)21-40-20-27-18-28(38)11-13-30(27)39/h6-14,18-19,24,31-32,35,40,44H,15-17,20-23H2,1-5H3,(H,41,46)(H,42,45)/t31-,32+,35+/m0/s1. The first-order valence-corrected chi connectivity index (χ1v) is 18.2. The van der Waals surface area contributed by atoms with E-state index in [1.807, 2.05) is 44.2 Å². The number of aliphatic hydroxyl groups is 1. The summed E-state index contributed by atoms with van der Waals surface area (Å²) >= 11 is 0. The number of nitrogens with zero attached hydrogens (tertiary/aromatic N) is 1. The summed E-state index contributed by atoms with van der Waals surface area (Å²) in [5, 5.41) is 20.1. The van der Waals surface area contributed by atoms with Crippen LogP contribution in [-0.2, 0) is 39.0 Å². The molecule has 0 aromatic heterocycles.